The Bertz CT molecular complexity index is 379. The summed E-state index contributed by atoms with van der Waals surface area (Å²) in [7, 11) is 0. The van der Waals surface area contributed by atoms with E-state index in [2.05, 4.69) is 26.2 Å². The molecule has 0 aliphatic rings. The van der Waals surface area contributed by atoms with Gasteiger partial charge in [-0.15, -0.1) is 0 Å². The number of carboxylic acid groups (broad SMARTS) is 1. The number of halogens is 4. The van der Waals surface area contributed by atoms with Gasteiger partial charge in [0, 0.05) is 0 Å². The van der Waals surface area contributed by atoms with E-state index in [1.54, 1.807) is 0 Å². The van der Waals surface area contributed by atoms with Crippen LogP contribution in [0.4, 0.5) is 18.3 Å². The molecule has 0 aliphatic heterocycles. The third kappa shape index (κ3) is 3.34. The number of anilines is 1. The van der Waals surface area contributed by atoms with Gasteiger partial charge in [0.15, 0.2) is 10.8 Å². The maximum absolute atomic E-state index is 12.2. The number of nitrogens with zero attached hydrogens (tertiary/aromatic N) is 1. The van der Waals surface area contributed by atoms with E-state index in [1.165, 1.54) is 0 Å². The van der Waals surface area contributed by atoms with Crippen molar-refractivity contribution in [2.45, 2.75) is 6.18 Å². The number of thiazole rings is 1. The molecule has 2 N–H and O–H groups in total. The molecule has 0 saturated carbocycles. The van der Waals surface area contributed by atoms with Crippen LogP contribution in [-0.2, 0) is 11.0 Å². The lowest BCUT2D eigenvalue weighted by molar-refractivity contribution is -0.141. The first-order valence-corrected chi connectivity index (χ1v) is 5.11. The standard InChI is InChI=1S/C6H4BrF3N2O2S/c7-4-3(6(8,9)10)12-5(15-4)11-1-2(13)14/h1H2,(H,11,12)(H,13,14). The van der Waals surface area contributed by atoms with E-state index in [4.69, 9.17) is 5.11 Å². The molecule has 0 aromatic carbocycles. The van der Waals surface area contributed by atoms with Gasteiger partial charge in [0.05, 0.1) is 0 Å². The van der Waals surface area contributed by atoms with Crippen molar-refractivity contribution in [1.82, 2.24) is 4.98 Å². The van der Waals surface area contributed by atoms with Crippen LogP contribution in [-0.4, -0.2) is 22.6 Å². The number of aromatic nitrogens is 1. The van der Waals surface area contributed by atoms with Crippen LogP contribution in [0.1, 0.15) is 5.69 Å². The van der Waals surface area contributed by atoms with Gasteiger partial charge in [-0.05, 0) is 15.9 Å². The Balaban J connectivity index is 2.82. The lowest BCUT2D eigenvalue weighted by Crippen LogP contribution is -2.12. The Kier molecular flexibility index (Phi) is 3.55. The highest BCUT2D eigenvalue weighted by atomic mass is 79.9. The smallest absolute Gasteiger partial charge is 0.435 e. The fourth-order valence-electron chi connectivity index (χ4n) is 0.703. The quantitative estimate of drug-likeness (QED) is 0.900. The molecule has 15 heavy (non-hydrogen) atoms. The highest BCUT2D eigenvalue weighted by Gasteiger charge is 2.36. The second-order valence-corrected chi connectivity index (χ2v) is 4.70. The van der Waals surface area contributed by atoms with E-state index in [0.717, 1.165) is 0 Å². The molecule has 0 aliphatic carbocycles. The second-order valence-electron chi connectivity index (χ2n) is 2.39. The molecule has 1 aromatic heterocycles. The van der Waals surface area contributed by atoms with Gasteiger partial charge in [-0.2, -0.15) is 13.2 Å². The Morgan fingerprint density at radius 3 is 2.60 bits per heavy atom. The van der Waals surface area contributed by atoms with Gasteiger partial charge in [-0.25, -0.2) is 4.98 Å². The minimum absolute atomic E-state index is 0.0865. The van der Waals surface area contributed by atoms with Gasteiger partial charge in [0.1, 0.15) is 10.3 Å². The third-order valence-electron chi connectivity index (χ3n) is 1.25. The van der Waals surface area contributed by atoms with Gasteiger partial charge in [0.25, 0.3) is 0 Å². The molecule has 1 rings (SSSR count). The molecule has 0 atom stereocenters. The highest BCUT2D eigenvalue weighted by molar-refractivity contribution is 9.11. The summed E-state index contributed by atoms with van der Waals surface area (Å²) in [6.07, 6.45) is -4.54. The number of nitrogens with one attached hydrogen (secondary N) is 1. The van der Waals surface area contributed by atoms with Crippen molar-refractivity contribution < 1.29 is 23.1 Å². The predicted octanol–water partition coefficient (Wildman–Crippen LogP) is 2.42. The molecule has 84 valence electrons. The number of alkyl halides is 3. The lowest BCUT2D eigenvalue weighted by Gasteiger charge is -2.01. The summed E-state index contributed by atoms with van der Waals surface area (Å²) in [6.45, 7) is -0.475. The minimum atomic E-state index is -4.54. The fraction of sp³-hybridized carbons (Fsp3) is 0.333. The first kappa shape index (κ1) is 12.2. The van der Waals surface area contributed by atoms with E-state index >= 15 is 0 Å². The molecule has 0 unspecified atom stereocenters. The Morgan fingerprint density at radius 2 is 2.20 bits per heavy atom. The summed E-state index contributed by atoms with van der Waals surface area (Å²) < 4.78 is 36.5. The molecular weight excluding hydrogens is 301 g/mol. The number of carbonyl (C=O) groups is 1. The monoisotopic (exact) mass is 304 g/mol. The molecular formula is C6H4BrF3N2O2S. The third-order valence-corrected chi connectivity index (χ3v) is 2.91. The van der Waals surface area contributed by atoms with Crippen molar-refractivity contribution in [3.05, 3.63) is 9.48 Å². The zero-order chi connectivity index (χ0) is 11.6. The number of hydrogen-bond donors (Lipinski definition) is 2. The first-order valence-electron chi connectivity index (χ1n) is 3.50. The highest BCUT2D eigenvalue weighted by Crippen LogP contribution is 2.39. The molecule has 9 heteroatoms. The Labute approximate surface area is 94.3 Å². The van der Waals surface area contributed by atoms with Gasteiger partial charge < -0.3 is 10.4 Å². The normalized spacial score (nSPS) is 11.5. The minimum Gasteiger partial charge on any atom is -0.480 e. The van der Waals surface area contributed by atoms with E-state index in [9.17, 15) is 18.0 Å². The summed E-state index contributed by atoms with van der Waals surface area (Å²) >= 11 is 3.40. The molecule has 1 aromatic rings. The summed E-state index contributed by atoms with van der Waals surface area (Å²) in [5, 5.41) is 10.5. The Morgan fingerprint density at radius 1 is 1.60 bits per heavy atom. The van der Waals surface area contributed by atoms with Crippen LogP contribution in [0, 0.1) is 0 Å². The first-order chi connectivity index (χ1) is 6.80. The molecule has 0 fully saturated rings. The van der Waals surface area contributed by atoms with Crippen molar-refractivity contribution in [1.29, 1.82) is 0 Å². The zero-order valence-corrected chi connectivity index (χ0v) is 9.33. The summed E-state index contributed by atoms with van der Waals surface area (Å²) in [5.41, 5.74) is -1.06. The van der Waals surface area contributed by atoms with E-state index in [0.29, 0.717) is 11.3 Å². The summed E-state index contributed by atoms with van der Waals surface area (Å²) in [6, 6.07) is 0. The molecule has 1 heterocycles. The fourth-order valence-corrected chi connectivity index (χ4v) is 2.19. The average Bonchev–Trinajstić information content (AvgIpc) is 2.42. The average molecular weight is 305 g/mol. The van der Waals surface area contributed by atoms with Gasteiger partial charge in [0.2, 0.25) is 0 Å². The largest absolute Gasteiger partial charge is 0.480 e. The topological polar surface area (TPSA) is 62.2 Å². The summed E-state index contributed by atoms with van der Waals surface area (Å²) in [4.78, 5) is 13.4. The maximum Gasteiger partial charge on any atom is 0.435 e. The van der Waals surface area contributed by atoms with Crippen LogP contribution >= 0.6 is 27.3 Å². The van der Waals surface area contributed by atoms with Crippen LogP contribution < -0.4 is 5.32 Å². The van der Waals surface area contributed by atoms with Crippen molar-refractivity contribution in [2.24, 2.45) is 0 Å². The van der Waals surface area contributed by atoms with Crippen LogP contribution in [0.25, 0.3) is 0 Å². The van der Waals surface area contributed by atoms with Crippen LogP contribution in [0.3, 0.4) is 0 Å². The number of aliphatic carboxylic acids is 1. The van der Waals surface area contributed by atoms with E-state index < -0.39 is 24.4 Å². The number of carboxylic acids is 1. The molecule has 0 radical (unpaired) electrons. The van der Waals surface area contributed by atoms with Gasteiger partial charge in [-0.1, -0.05) is 11.3 Å². The molecule has 0 spiro atoms. The van der Waals surface area contributed by atoms with Crippen LogP contribution in [0.5, 0.6) is 0 Å². The van der Waals surface area contributed by atoms with Crippen molar-refractivity contribution in [3.63, 3.8) is 0 Å². The molecule has 4 nitrogen and oxygen atoms in total. The van der Waals surface area contributed by atoms with E-state index in [1.807, 2.05) is 0 Å². The Hall–Kier alpha value is -0.830. The van der Waals surface area contributed by atoms with Gasteiger partial charge in [-0.3, -0.25) is 4.79 Å². The molecule has 0 bridgehead atoms. The molecule has 0 amide bonds. The van der Waals surface area contributed by atoms with Crippen LogP contribution in [0.15, 0.2) is 3.79 Å². The molecule has 0 saturated heterocycles. The van der Waals surface area contributed by atoms with Crippen LogP contribution in [0.2, 0.25) is 0 Å². The lowest BCUT2D eigenvalue weighted by atomic mass is 10.5. The van der Waals surface area contributed by atoms with Crippen molar-refractivity contribution in [2.75, 3.05) is 11.9 Å². The van der Waals surface area contributed by atoms with Crippen molar-refractivity contribution in [3.8, 4) is 0 Å². The zero-order valence-electron chi connectivity index (χ0n) is 6.93. The van der Waals surface area contributed by atoms with Crippen molar-refractivity contribution >= 4 is 38.4 Å². The SMILES string of the molecule is O=C(O)CNc1nc(C(F)(F)F)c(Br)s1. The van der Waals surface area contributed by atoms with E-state index in [-0.39, 0.29) is 8.92 Å². The predicted molar refractivity (Wildman–Crippen MR) is 50.9 cm³/mol. The number of rotatable bonds is 3. The van der Waals surface area contributed by atoms with Gasteiger partial charge >= 0.3 is 12.1 Å². The number of hydrogen-bond acceptors (Lipinski definition) is 4. The summed E-state index contributed by atoms with van der Waals surface area (Å²) in [5.74, 6) is -1.17. The second kappa shape index (κ2) is 4.35. The maximum atomic E-state index is 12.2.